The van der Waals surface area contributed by atoms with Crippen molar-refractivity contribution in [3.05, 3.63) is 45.6 Å². The van der Waals surface area contributed by atoms with E-state index in [4.69, 9.17) is 11.6 Å². The summed E-state index contributed by atoms with van der Waals surface area (Å²) >= 11 is 7.07. The Hall–Kier alpha value is -0.990. The Kier molecular flexibility index (Phi) is 4.50. The summed E-state index contributed by atoms with van der Waals surface area (Å²) in [6.07, 6.45) is -0.330. The molecular formula is C15H17ClN2O3S2. The summed E-state index contributed by atoms with van der Waals surface area (Å²) in [4.78, 5) is 4.21. The molecule has 2 heterocycles. The molecule has 5 nitrogen and oxygen atoms in total. The van der Waals surface area contributed by atoms with E-state index in [9.17, 15) is 13.5 Å². The highest BCUT2D eigenvalue weighted by atomic mass is 35.5. The second-order valence-corrected chi connectivity index (χ2v) is 9.30. The van der Waals surface area contributed by atoms with Gasteiger partial charge in [-0.3, -0.25) is 0 Å². The minimum Gasteiger partial charge on any atom is -0.391 e. The Bertz CT molecular complexity index is 818. The van der Waals surface area contributed by atoms with Crippen molar-refractivity contribution < 1.29 is 13.5 Å². The fraction of sp³-hybridized carbons (Fsp3) is 0.400. The van der Waals surface area contributed by atoms with Gasteiger partial charge in [-0.1, -0.05) is 23.7 Å². The average Bonchev–Trinajstić information content (AvgIpc) is 3.03. The molecule has 1 saturated heterocycles. The van der Waals surface area contributed by atoms with Crippen molar-refractivity contribution in [1.29, 1.82) is 0 Å². The first-order chi connectivity index (χ1) is 10.8. The van der Waals surface area contributed by atoms with Crippen molar-refractivity contribution in [2.75, 3.05) is 6.54 Å². The fourth-order valence-electron chi connectivity index (χ4n) is 2.92. The Labute approximate surface area is 144 Å². The van der Waals surface area contributed by atoms with E-state index in [0.29, 0.717) is 22.1 Å². The molecule has 1 aliphatic rings. The number of aliphatic hydroxyl groups is 1. The normalized spacial score (nSPS) is 22.6. The van der Waals surface area contributed by atoms with Gasteiger partial charge in [0.05, 0.1) is 22.8 Å². The van der Waals surface area contributed by atoms with Crippen molar-refractivity contribution in [1.82, 2.24) is 9.29 Å². The van der Waals surface area contributed by atoms with Crippen molar-refractivity contribution in [2.45, 2.75) is 36.6 Å². The molecule has 1 N–H and O–H groups in total. The number of thiazole rings is 1. The zero-order chi connectivity index (χ0) is 16.8. The van der Waals surface area contributed by atoms with Crippen LogP contribution in [0.15, 0.2) is 28.5 Å². The maximum Gasteiger partial charge on any atom is 0.255 e. The Balaban J connectivity index is 2.03. The molecule has 8 heteroatoms. The van der Waals surface area contributed by atoms with Gasteiger partial charge in [0.25, 0.3) is 10.0 Å². The molecule has 1 aromatic heterocycles. The number of benzene rings is 1. The highest BCUT2D eigenvalue weighted by molar-refractivity contribution is 7.91. The predicted octanol–water partition coefficient (Wildman–Crippen LogP) is 2.91. The summed E-state index contributed by atoms with van der Waals surface area (Å²) in [5, 5.41) is 11.6. The molecule has 124 valence electrons. The SMILES string of the molecule is Cc1nc(C)c(S(=O)(=O)N2CC[C@@H](O)[C@H]2c2ccc(Cl)cc2)s1. The largest absolute Gasteiger partial charge is 0.391 e. The summed E-state index contributed by atoms with van der Waals surface area (Å²) in [7, 11) is -3.69. The molecule has 0 radical (unpaired) electrons. The summed E-state index contributed by atoms with van der Waals surface area (Å²) in [6, 6.07) is 6.33. The van der Waals surface area contributed by atoms with Gasteiger partial charge in [-0.2, -0.15) is 4.31 Å². The van der Waals surface area contributed by atoms with Gasteiger partial charge < -0.3 is 5.11 Å². The Morgan fingerprint density at radius 1 is 1.30 bits per heavy atom. The molecule has 0 spiro atoms. The van der Waals surface area contributed by atoms with Gasteiger partial charge in [0.1, 0.15) is 0 Å². The first-order valence-electron chi connectivity index (χ1n) is 7.20. The molecule has 23 heavy (non-hydrogen) atoms. The Morgan fingerprint density at radius 3 is 2.52 bits per heavy atom. The lowest BCUT2D eigenvalue weighted by molar-refractivity contribution is 0.143. The Morgan fingerprint density at radius 2 is 1.96 bits per heavy atom. The van der Waals surface area contributed by atoms with Gasteiger partial charge in [0.15, 0.2) is 4.21 Å². The van der Waals surface area contributed by atoms with E-state index in [1.54, 1.807) is 38.1 Å². The van der Waals surface area contributed by atoms with E-state index in [2.05, 4.69) is 4.98 Å². The minimum absolute atomic E-state index is 0.253. The number of hydrogen-bond acceptors (Lipinski definition) is 5. The number of aryl methyl sites for hydroxylation is 2. The lowest BCUT2D eigenvalue weighted by Crippen LogP contribution is -2.33. The number of sulfonamides is 1. The van der Waals surface area contributed by atoms with Crippen LogP contribution in [0.2, 0.25) is 5.02 Å². The second-order valence-electron chi connectivity index (χ2n) is 5.57. The molecule has 3 rings (SSSR count). The van der Waals surface area contributed by atoms with Gasteiger partial charge in [0, 0.05) is 11.6 Å². The third-order valence-electron chi connectivity index (χ3n) is 3.94. The lowest BCUT2D eigenvalue weighted by Gasteiger charge is -2.25. The molecule has 1 aliphatic heterocycles. The topological polar surface area (TPSA) is 70.5 Å². The van der Waals surface area contributed by atoms with Crippen LogP contribution in [0.25, 0.3) is 0 Å². The maximum atomic E-state index is 13.0. The third kappa shape index (κ3) is 3.04. The zero-order valence-electron chi connectivity index (χ0n) is 12.7. The smallest absolute Gasteiger partial charge is 0.255 e. The molecule has 0 saturated carbocycles. The second kappa shape index (κ2) is 6.14. The van der Waals surface area contributed by atoms with E-state index < -0.39 is 22.2 Å². The summed E-state index contributed by atoms with van der Waals surface area (Å²) in [6.45, 7) is 3.76. The van der Waals surface area contributed by atoms with Crippen LogP contribution in [0.4, 0.5) is 0 Å². The number of rotatable bonds is 3. The quantitative estimate of drug-likeness (QED) is 0.899. The minimum atomic E-state index is -3.69. The van der Waals surface area contributed by atoms with Crippen LogP contribution in [0.5, 0.6) is 0 Å². The number of aliphatic hydroxyl groups excluding tert-OH is 1. The van der Waals surface area contributed by atoms with Gasteiger partial charge >= 0.3 is 0 Å². The molecule has 2 aromatic rings. The molecular weight excluding hydrogens is 356 g/mol. The van der Waals surface area contributed by atoms with Crippen molar-refractivity contribution >= 4 is 33.0 Å². The molecule has 0 unspecified atom stereocenters. The van der Waals surface area contributed by atoms with Crippen LogP contribution >= 0.6 is 22.9 Å². The van der Waals surface area contributed by atoms with Crippen molar-refractivity contribution in [2.24, 2.45) is 0 Å². The van der Waals surface area contributed by atoms with Gasteiger partial charge in [0.2, 0.25) is 0 Å². The molecule has 0 amide bonds. The van der Waals surface area contributed by atoms with Gasteiger partial charge in [-0.05, 0) is 38.0 Å². The van der Waals surface area contributed by atoms with Crippen LogP contribution in [0, 0.1) is 13.8 Å². The predicted molar refractivity (Wildman–Crippen MR) is 90.3 cm³/mol. The summed E-state index contributed by atoms with van der Waals surface area (Å²) < 4.78 is 27.7. The number of nitrogens with zero attached hydrogens (tertiary/aromatic N) is 2. The van der Waals surface area contributed by atoms with Crippen molar-refractivity contribution in [3.8, 4) is 0 Å². The van der Waals surface area contributed by atoms with E-state index in [-0.39, 0.29) is 10.8 Å². The highest BCUT2D eigenvalue weighted by Gasteiger charge is 2.43. The number of aromatic nitrogens is 1. The zero-order valence-corrected chi connectivity index (χ0v) is 15.1. The van der Waals surface area contributed by atoms with E-state index in [1.807, 2.05) is 0 Å². The maximum absolute atomic E-state index is 13.0. The first-order valence-corrected chi connectivity index (χ1v) is 9.83. The molecule has 2 atom stereocenters. The van der Waals surface area contributed by atoms with Crippen LogP contribution in [0.1, 0.15) is 28.7 Å². The van der Waals surface area contributed by atoms with Crippen LogP contribution in [0.3, 0.4) is 0 Å². The highest BCUT2D eigenvalue weighted by Crippen LogP contribution is 2.39. The monoisotopic (exact) mass is 372 g/mol. The first kappa shape index (κ1) is 16.9. The third-order valence-corrected chi connectivity index (χ3v) is 7.73. The lowest BCUT2D eigenvalue weighted by atomic mass is 10.0. The summed E-state index contributed by atoms with van der Waals surface area (Å²) in [5.74, 6) is 0. The number of hydrogen-bond donors (Lipinski definition) is 1. The number of halogens is 1. The molecule has 0 bridgehead atoms. The molecule has 1 fully saturated rings. The summed E-state index contributed by atoms with van der Waals surface area (Å²) in [5.41, 5.74) is 1.24. The van der Waals surface area contributed by atoms with Crippen molar-refractivity contribution in [3.63, 3.8) is 0 Å². The van der Waals surface area contributed by atoms with E-state index in [1.165, 1.54) is 15.6 Å². The van der Waals surface area contributed by atoms with Gasteiger partial charge in [-0.25, -0.2) is 13.4 Å². The van der Waals surface area contributed by atoms with Crippen LogP contribution < -0.4 is 0 Å². The van der Waals surface area contributed by atoms with E-state index in [0.717, 1.165) is 5.56 Å². The van der Waals surface area contributed by atoms with Crippen LogP contribution in [-0.4, -0.2) is 35.5 Å². The van der Waals surface area contributed by atoms with Crippen LogP contribution in [-0.2, 0) is 10.0 Å². The molecule has 1 aromatic carbocycles. The van der Waals surface area contributed by atoms with E-state index >= 15 is 0 Å². The fourth-order valence-corrected chi connectivity index (χ4v) is 6.30. The average molecular weight is 373 g/mol. The van der Waals surface area contributed by atoms with Gasteiger partial charge in [-0.15, -0.1) is 11.3 Å². The standard InChI is InChI=1S/C15H17ClN2O3S2/c1-9-15(22-10(2)17-9)23(20,21)18-8-7-13(19)14(18)11-3-5-12(16)6-4-11/h3-6,13-14,19H,7-8H2,1-2H3/t13-,14-/m1/s1. The molecule has 0 aliphatic carbocycles.